The van der Waals surface area contributed by atoms with E-state index in [1.807, 2.05) is 4.90 Å². The van der Waals surface area contributed by atoms with Gasteiger partial charge in [-0.2, -0.15) is 12.6 Å². The number of methoxy groups -OCH3 is 1. The van der Waals surface area contributed by atoms with Crippen LogP contribution in [0.1, 0.15) is 24.4 Å². The Labute approximate surface area is 130 Å². The number of nitrogens with zero attached hydrogens (tertiary/aromatic N) is 1. The fraction of sp³-hybridized carbons (Fsp3) is 0.500. The van der Waals surface area contributed by atoms with Gasteiger partial charge in [0.2, 0.25) is 0 Å². The van der Waals surface area contributed by atoms with E-state index in [9.17, 15) is 9.18 Å². The van der Waals surface area contributed by atoms with Crippen LogP contribution in [0.5, 0.6) is 0 Å². The van der Waals surface area contributed by atoms with Crippen molar-refractivity contribution >= 4 is 31.0 Å². The van der Waals surface area contributed by atoms with Gasteiger partial charge in [-0.25, -0.2) is 9.18 Å². The molecule has 1 unspecified atom stereocenters. The van der Waals surface area contributed by atoms with E-state index in [-0.39, 0.29) is 18.2 Å². The molecule has 0 aliphatic carbocycles. The molecule has 1 aliphatic heterocycles. The number of thiol groups is 1. The van der Waals surface area contributed by atoms with Crippen LogP contribution >= 0.6 is 25.0 Å². The van der Waals surface area contributed by atoms with E-state index in [1.54, 1.807) is 18.2 Å². The number of benzene rings is 1. The molecule has 0 radical (unpaired) electrons. The van der Waals surface area contributed by atoms with E-state index in [0.717, 1.165) is 25.9 Å². The second kappa shape index (κ2) is 7.86. The number of carbonyl (C=O) groups is 1. The fourth-order valence-corrected chi connectivity index (χ4v) is 2.66. The summed E-state index contributed by atoms with van der Waals surface area (Å²) in [5.41, 5.74) is 0.381. The summed E-state index contributed by atoms with van der Waals surface area (Å²) in [6, 6.07) is 5.71. The minimum atomic E-state index is -0.660. The lowest BCUT2D eigenvalue weighted by Crippen LogP contribution is -2.41. The van der Waals surface area contributed by atoms with E-state index in [2.05, 4.69) is 12.6 Å². The lowest BCUT2D eigenvalue weighted by atomic mass is 10.0. The minimum absolute atomic E-state index is 0. The molecular weight excluding hydrogens is 301 g/mol. The zero-order valence-electron chi connectivity index (χ0n) is 11.3. The Morgan fingerprint density at radius 1 is 1.40 bits per heavy atom. The van der Waals surface area contributed by atoms with Gasteiger partial charge in [-0.15, -0.1) is 12.4 Å². The minimum Gasteiger partial charge on any atom is -0.468 e. The second-order valence-corrected chi connectivity index (χ2v) is 5.44. The van der Waals surface area contributed by atoms with Crippen LogP contribution in [0.15, 0.2) is 24.3 Å². The molecule has 0 N–H and O–H groups in total. The average molecular weight is 320 g/mol. The lowest BCUT2D eigenvalue weighted by Gasteiger charge is -2.35. The third-order valence-corrected chi connectivity index (χ3v) is 4.00. The van der Waals surface area contributed by atoms with Crippen molar-refractivity contribution in [2.45, 2.75) is 24.1 Å². The van der Waals surface area contributed by atoms with E-state index in [4.69, 9.17) is 4.74 Å². The predicted octanol–water partition coefficient (Wildman–Crippen LogP) is 2.86. The van der Waals surface area contributed by atoms with Gasteiger partial charge in [0.25, 0.3) is 0 Å². The van der Waals surface area contributed by atoms with Gasteiger partial charge in [0.1, 0.15) is 11.9 Å². The van der Waals surface area contributed by atoms with Crippen molar-refractivity contribution in [1.82, 2.24) is 4.90 Å². The SMILES string of the molecule is COC(=O)C(c1ccccc1F)N1CCC(S)CC1.Cl. The summed E-state index contributed by atoms with van der Waals surface area (Å²) in [4.78, 5) is 14.0. The maximum Gasteiger partial charge on any atom is 0.327 e. The zero-order chi connectivity index (χ0) is 13.8. The number of halogens is 2. The smallest absolute Gasteiger partial charge is 0.327 e. The number of esters is 1. The van der Waals surface area contributed by atoms with Crippen LogP contribution in [0.25, 0.3) is 0 Å². The third-order valence-electron chi connectivity index (χ3n) is 3.49. The van der Waals surface area contributed by atoms with Crippen molar-refractivity contribution in [3.05, 3.63) is 35.6 Å². The number of hydrogen-bond donors (Lipinski definition) is 1. The van der Waals surface area contributed by atoms with Crippen LogP contribution in [-0.2, 0) is 9.53 Å². The van der Waals surface area contributed by atoms with Crippen LogP contribution in [0.2, 0.25) is 0 Å². The van der Waals surface area contributed by atoms with Gasteiger partial charge in [0, 0.05) is 23.9 Å². The highest BCUT2D eigenvalue weighted by molar-refractivity contribution is 7.80. The Balaban J connectivity index is 0.00000200. The van der Waals surface area contributed by atoms with E-state index >= 15 is 0 Å². The van der Waals surface area contributed by atoms with Crippen molar-refractivity contribution in [1.29, 1.82) is 0 Å². The number of hydrogen-bond acceptors (Lipinski definition) is 4. The van der Waals surface area contributed by atoms with Gasteiger partial charge >= 0.3 is 5.97 Å². The molecule has 112 valence electrons. The maximum atomic E-state index is 13.9. The zero-order valence-corrected chi connectivity index (χ0v) is 13.0. The summed E-state index contributed by atoms with van der Waals surface area (Å²) in [5.74, 6) is -0.784. The molecule has 1 atom stereocenters. The Kier molecular flexibility index (Phi) is 6.79. The van der Waals surface area contributed by atoms with Crippen molar-refractivity contribution < 1.29 is 13.9 Å². The molecular formula is C14H19ClFNO2S. The highest BCUT2D eigenvalue weighted by atomic mass is 35.5. The van der Waals surface area contributed by atoms with Crippen LogP contribution in [-0.4, -0.2) is 36.3 Å². The molecule has 3 nitrogen and oxygen atoms in total. The Bertz CT molecular complexity index is 453. The van der Waals surface area contributed by atoms with E-state index in [1.165, 1.54) is 13.2 Å². The Morgan fingerprint density at radius 3 is 2.55 bits per heavy atom. The molecule has 20 heavy (non-hydrogen) atoms. The molecule has 1 aliphatic rings. The topological polar surface area (TPSA) is 29.5 Å². The average Bonchev–Trinajstić information content (AvgIpc) is 2.43. The molecule has 0 aromatic heterocycles. The molecule has 2 rings (SSSR count). The molecule has 1 aromatic carbocycles. The first-order chi connectivity index (χ1) is 9.13. The normalized spacial score (nSPS) is 18.1. The molecule has 1 heterocycles. The van der Waals surface area contributed by atoms with Gasteiger partial charge < -0.3 is 4.74 Å². The first-order valence-corrected chi connectivity index (χ1v) is 6.89. The molecule has 0 bridgehead atoms. The van der Waals surface area contributed by atoms with Crippen LogP contribution < -0.4 is 0 Å². The molecule has 1 aromatic rings. The number of likely N-dealkylation sites (tertiary alicyclic amines) is 1. The molecule has 0 spiro atoms. The summed E-state index contributed by atoms with van der Waals surface area (Å²) >= 11 is 4.44. The molecule has 0 amide bonds. The molecule has 1 saturated heterocycles. The number of piperidine rings is 1. The quantitative estimate of drug-likeness (QED) is 0.686. The highest BCUT2D eigenvalue weighted by Gasteiger charge is 2.32. The van der Waals surface area contributed by atoms with Crippen molar-refractivity contribution in [3.8, 4) is 0 Å². The monoisotopic (exact) mass is 319 g/mol. The first-order valence-electron chi connectivity index (χ1n) is 6.38. The lowest BCUT2D eigenvalue weighted by molar-refractivity contribution is -0.147. The van der Waals surface area contributed by atoms with Crippen molar-refractivity contribution in [3.63, 3.8) is 0 Å². The van der Waals surface area contributed by atoms with Crippen LogP contribution in [0.3, 0.4) is 0 Å². The predicted molar refractivity (Wildman–Crippen MR) is 82.0 cm³/mol. The summed E-state index contributed by atoms with van der Waals surface area (Å²) < 4.78 is 18.8. The number of ether oxygens (including phenoxy) is 1. The third kappa shape index (κ3) is 3.87. The van der Waals surface area contributed by atoms with Crippen LogP contribution in [0, 0.1) is 5.82 Å². The number of rotatable bonds is 3. The van der Waals surface area contributed by atoms with Gasteiger partial charge in [-0.1, -0.05) is 18.2 Å². The van der Waals surface area contributed by atoms with Crippen molar-refractivity contribution in [2.24, 2.45) is 0 Å². The summed E-state index contributed by atoms with van der Waals surface area (Å²) in [6.07, 6.45) is 1.79. The van der Waals surface area contributed by atoms with E-state index < -0.39 is 12.0 Å². The summed E-state index contributed by atoms with van der Waals surface area (Å²) in [7, 11) is 1.33. The van der Waals surface area contributed by atoms with Gasteiger partial charge in [0.15, 0.2) is 0 Å². The van der Waals surface area contributed by atoms with Gasteiger partial charge in [0.05, 0.1) is 7.11 Å². The molecule has 0 saturated carbocycles. The summed E-state index contributed by atoms with van der Waals surface area (Å²) in [6.45, 7) is 1.45. The largest absolute Gasteiger partial charge is 0.468 e. The number of carbonyl (C=O) groups excluding carboxylic acids is 1. The standard InChI is InChI=1S/C14H18FNO2S.ClH/c1-18-14(17)13(11-4-2-3-5-12(11)15)16-8-6-10(19)7-9-16;/h2-5,10,13,19H,6-9H2,1H3;1H. The van der Waals surface area contributed by atoms with Crippen LogP contribution in [0.4, 0.5) is 4.39 Å². The van der Waals surface area contributed by atoms with Crippen molar-refractivity contribution in [2.75, 3.05) is 20.2 Å². The Hall–Kier alpha value is -0.780. The van der Waals surface area contributed by atoms with Gasteiger partial charge in [-0.3, -0.25) is 4.90 Å². The first kappa shape index (κ1) is 17.3. The highest BCUT2D eigenvalue weighted by Crippen LogP contribution is 2.28. The van der Waals surface area contributed by atoms with E-state index in [0.29, 0.717) is 10.8 Å². The Morgan fingerprint density at radius 2 is 2.00 bits per heavy atom. The molecule has 1 fully saturated rings. The van der Waals surface area contributed by atoms with Gasteiger partial charge in [-0.05, 0) is 18.9 Å². The second-order valence-electron chi connectivity index (χ2n) is 4.71. The summed E-state index contributed by atoms with van der Waals surface area (Å²) in [5, 5.41) is 0.357. The molecule has 6 heteroatoms. The fourth-order valence-electron chi connectivity index (χ4n) is 2.43. The maximum absolute atomic E-state index is 13.9.